The highest BCUT2D eigenvalue weighted by Gasteiger charge is 2.32. The summed E-state index contributed by atoms with van der Waals surface area (Å²) in [6.07, 6.45) is 2.22. The van der Waals surface area contributed by atoms with E-state index in [4.69, 9.17) is 0 Å². The molecule has 0 bridgehead atoms. The van der Waals surface area contributed by atoms with Crippen LogP contribution in [-0.4, -0.2) is 30.4 Å². The maximum atomic E-state index is 12.5. The molecule has 3 nitrogen and oxygen atoms in total. The highest BCUT2D eigenvalue weighted by molar-refractivity contribution is 7.10. The van der Waals surface area contributed by atoms with Crippen molar-refractivity contribution in [3.8, 4) is 0 Å². The molecule has 18 heavy (non-hydrogen) atoms. The maximum absolute atomic E-state index is 12.5. The molecule has 0 spiro atoms. The number of hydrogen-bond acceptors (Lipinski definition) is 3. The van der Waals surface area contributed by atoms with Gasteiger partial charge in [-0.1, -0.05) is 6.07 Å². The van der Waals surface area contributed by atoms with Gasteiger partial charge in [0, 0.05) is 30.1 Å². The van der Waals surface area contributed by atoms with E-state index < -0.39 is 0 Å². The first-order valence-corrected chi connectivity index (χ1v) is 7.39. The van der Waals surface area contributed by atoms with Gasteiger partial charge in [0.1, 0.15) is 0 Å². The van der Waals surface area contributed by atoms with Gasteiger partial charge in [0.25, 0.3) is 0 Å². The topological polar surface area (TPSA) is 32.3 Å². The second-order valence-electron chi connectivity index (χ2n) is 5.00. The quantitative estimate of drug-likeness (QED) is 0.830. The lowest BCUT2D eigenvalue weighted by Gasteiger charge is -2.28. The summed E-state index contributed by atoms with van der Waals surface area (Å²) in [5.41, 5.74) is 2.23. The monoisotopic (exact) mass is 262 g/mol. The van der Waals surface area contributed by atoms with Crippen molar-refractivity contribution in [2.75, 3.05) is 19.6 Å². The molecule has 0 saturated carbocycles. The molecule has 1 N–H and O–H groups in total. The van der Waals surface area contributed by atoms with E-state index in [2.05, 4.69) is 27.7 Å². The molecule has 0 aliphatic carbocycles. The zero-order chi connectivity index (χ0) is 12.5. The second-order valence-corrected chi connectivity index (χ2v) is 5.98. The first-order valence-electron chi connectivity index (χ1n) is 6.51. The molecule has 3 rings (SSSR count). The normalized spacial score (nSPS) is 23.1. The molecule has 1 unspecified atom stereocenters. The van der Waals surface area contributed by atoms with Gasteiger partial charge in [0.05, 0.1) is 6.04 Å². The number of likely N-dealkylation sites (tertiary alicyclic amines) is 1. The van der Waals surface area contributed by atoms with Crippen molar-refractivity contribution < 1.29 is 4.79 Å². The first-order chi connectivity index (χ1) is 8.77. The number of nitrogens with one attached hydrogen (secondary N) is 1. The van der Waals surface area contributed by atoms with Crippen LogP contribution in [0.15, 0.2) is 28.7 Å². The van der Waals surface area contributed by atoms with E-state index in [1.807, 2.05) is 6.92 Å². The minimum atomic E-state index is 0.238. The van der Waals surface area contributed by atoms with Crippen LogP contribution in [0.25, 0.3) is 0 Å². The molecule has 2 aliphatic rings. The van der Waals surface area contributed by atoms with Crippen LogP contribution in [0.1, 0.15) is 30.7 Å². The van der Waals surface area contributed by atoms with Crippen molar-refractivity contribution in [1.82, 2.24) is 10.2 Å². The minimum absolute atomic E-state index is 0.238. The lowest BCUT2D eigenvalue weighted by molar-refractivity contribution is -0.128. The van der Waals surface area contributed by atoms with Crippen LogP contribution in [0.2, 0.25) is 0 Å². The Morgan fingerprint density at radius 2 is 2.33 bits per heavy atom. The van der Waals surface area contributed by atoms with E-state index in [9.17, 15) is 4.79 Å². The molecule has 96 valence electrons. The van der Waals surface area contributed by atoms with E-state index in [0.29, 0.717) is 6.04 Å². The number of nitrogens with zero attached hydrogens (tertiary/aromatic N) is 1. The van der Waals surface area contributed by atoms with Gasteiger partial charge < -0.3 is 10.2 Å². The Kier molecular flexibility index (Phi) is 3.22. The maximum Gasteiger partial charge on any atom is 0.250 e. The standard InChI is InChI=1S/C14H18N2OS/c1-10(11-8-15-9-11)14(17)16-6-2-4-12(16)13-5-3-7-18-13/h3,5,7,12,15H,2,4,6,8-9H2,1H3. The summed E-state index contributed by atoms with van der Waals surface area (Å²) in [5, 5.41) is 5.29. The Hall–Kier alpha value is -1.13. The molecule has 2 aliphatic heterocycles. The van der Waals surface area contributed by atoms with Gasteiger partial charge in [-0.3, -0.25) is 4.79 Å². The average Bonchev–Trinajstić information content (AvgIpc) is 2.95. The Morgan fingerprint density at radius 3 is 2.94 bits per heavy atom. The predicted octanol–water partition coefficient (Wildman–Crippen LogP) is 2.33. The highest BCUT2D eigenvalue weighted by Crippen LogP contribution is 2.35. The Labute approximate surface area is 111 Å². The number of amides is 1. The van der Waals surface area contributed by atoms with Crippen LogP contribution >= 0.6 is 11.3 Å². The third-order valence-electron chi connectivity index (χ3n) is 3.91. The van der Waals surface area contributed by atoms with Crippen LogP contribution in [0.5, 0.6) is 0 Å². The van der Waals surface area contributed by atoms with Gasteiger partial charge in [-0.05, 0) is 36.8 Å². The number of carbonyl (C=O) groups excluding carboxylic acids is 1. The molecule has 3 heterocycles. The van der Waals surface area contributed by atoms with Crippen molar-refractivity contribution in [1.29, 1.82) is 0 Å². The van der Waals surface area contributed by atoms with E-state index >= 15 is 0 Å². The molecule has 0 aromatic carbocycles. The molecular formula is C14H18N2OS. The van der Waals surface area contributed by atoms with Crippen molar-refractivity contribution in [3.05, 3.63) is 33.5 Å². The number of rotatable bonds is 2. The predicted molar refractivity (Wildman–Crippen MR) is 73.6 cm³/mol. The van der Waals surface area contributed by atoms with Gasteiger partial charge in [-0.2, -0.15) is 0 Å². The Morgan fingerprint density at radius 1 is 1.50 bits per heavy atom. The fourth-order valence-electron chi connectivity index (χ4n) is 2.67. The fraction of sp³-hybridized carbons (Fsp3) is 0.500. The van der Waals surface area contributed by atoms with E-state index in [-0.39, 0.29) is 5.91 Å². The molecule has 4 heteroatoms. The number of thiophene rings is 1. The number of hydrogen-bond donors (Lipinski definition) is 1. The summed E-state index contributed by atoms with van der Waals surface area (Å²) in [6, 6.07) is 4.53. The van der Waals surface area contributed by atoms with Crippen LogP contribution in [-0.2, 0) is 4.79 Å². The largest absolute Gasteiger partial charge is 0.331 e. The summed E-state index contributed by atoms with van der Waals surface area (Å²) in [4.78, 5) is 15.9. The van der Waals surface area contributed by atoms with Gasteiger partial charge >= 0.3 is 0 Å². The summed E-state index contributed by atoms with van der Waals surface area (Å²) < 4.78 is 0. The van der Waals surface area contributed by atoms with E-state index in [1.54, 1.807) is 11.3 Å². The molecule has 1 amide bonds. The smallest absolute Gasteiger partial charge is 0.250 e. The molecule has 1 aromatic rings. The van der Waals surface area contributed by atoms with Gasteiger partial charge in [-0.25, -0.2) is 0 Å². The summed E-state index contributed by atoms with van der Waals surface area (Å²) in [6.45, 7) is 4.64. The van der Waals surface area contributed by atoms with E-state index in [1.165, 1.54) is 10.5 Å². The van der Waals surface area contributed by atoms with Crippen molar-refractivity contribution in [2.24, 2.45) is 0 Å². The van der Waals surface area contributed by atoms with Crippen molar-refractivity contribution >= 4 is 17.2 Å². The zero-order valence-corrected chi connectivity index (χ0v) is 11.4. The summed E-state index contributed by atoms with van der Waals surface area (Å²) in [7, 11) is 0. The lowest BCUT2D eigenvalue weighted by Crippen LogP contribution is -2.39. The van der Waals surface area contributed by atoms with E-state index in [0.717, 1.165) is 38.0 Å². The number of carbonyl (C=O) groups is 1. The van der Waals surface area contributed by atoms with Gasteiger partial charge in [0.2, 0.25) is 5.91 Å². The molecule has 1 atom stereocenters. The third-order valence-corrected chi connectivity index (χ3v) is 4.89. The van der Waals surface area contributed by atoms with Crippen LogP contribution < -0.4 is 5.32 Å². The zero-order valence-electron chi connectivity index (χ0n) is 10.6. The van der Waals surface area contributed by atoms with Crippen molar-refractivity contribution in [2.45, 2.75) is 25.8 Å². The summed E-state index contributed by atoms with van der Waals surface area (Å²) in [5.74, 6) is 0.238. The van der Waals surface area contributed by atoms with Crippen LogP contribution in [0.4, 0.5) is 0 Å². The highest BCUT2D eigenvalue weighted by atomic mass is 32.1. The second kappa shape index (κ2) is 4.86. The van der Waals surface area contributed by atoms with Crippen molar-refractivity contribution in [3.63, 3.8) is 0 Å². The summed E-state index contributed by atoms with van der Waals surface area (Å²) >= 11 is 1.76. The SMILES string of the molecule is CC(C(=O)N1CCCC1c1cccs1)=C1CNC1. The fourth-order valence-corrected chi connectivity index (χ4v) is 3.54. The van der Waals surface area contributed by atoms with Gasteiger partial charge in [-0.15, -0.1) is 11.3 Å². The average molecular weight is 262 g/mol. The third kappa shape index (κ3) is 1.99. The molecule has 1 aromatic heterocycles. The molecule has 2 saturated heterocycles. The lowest BCUT2D eigenvalue weighted by atomic mass is 10.0. The molecule has 0 radical (unpaired) electrons. The van der Waals surface area contributed by atoms with Gasteiger partial charge in [0.15, 0.2) is 0 Å². The Balaban J connectivity index is 1.81. The molecule has 2 fully saturated rings. The Bertz CT molecular complexity index is 472. The van der Waals surface area contributed by atoms with Crippen LogP contribution in [0.3, 0.4) is 0 Å². The first kappa shape index (κ1) is 11.9. The molecular weight excluding hydrogens is 244 g/mol. The van der Waals surface area contributed by atoms with Crippen LogP contribution in [0, 0.1) is 0 Å². The minimum Gasteiger partial charge on any atom is -0.331 e.